The second-order valence-electron chi connectivity index (χ2n) is 5.49. The highest BCUT2D eigenvalue weighted by Crippen LogP contribution is 2.26. The molecule has 1 aliphatic rings. The fraction of sp³-hybridized carbons (Fsp3) is 0.600. The molecule has 0 radical (unpaired) electrons. The molecule has 0 fully saturated rings. The van der Waals surface area contributed by atoms with Crippen molar-refractivity contribution in [3.05, 3.63) is 34.3 Å². The van der Waals surface area contributed by atoms with Crippen LogP contribution in [0, 0.1) is 5.92 Å². The molecule has 3 heteroatoms. The summed E-state index contributed by atoms with van der Waals surface area (Å²) >= 11 is 6.04. The van der Waals surface area contributed by atoms with Gasteiger partial charge in [0.15, 0.2) is 0 Å². The van der Waals surface area contributed by atoms with Crippen LogP contribution < -0.4 is 5.32 Å². The Balaban J connectivity index is 1.98. The summed E-state index contributed by atoms with van der Waals surface area (Å²) in [5, 5.41) is 4.55. The topological polar surface area (TPSA) is 21.3 Å². The molecule has 0 aromatic heterocycles. The summed E-state index contributed by atoms with van der Waals surface area (Å²) in [6, 6.07) is 7.17. The lowest BCUT2D eigenvalue weighted by atomic mass is 10.0. The lowest BCUT2D eigenvalue weighted by Gasteiger charge is -2.25. The van der Waals surface area contributed by atoms with Gasteiger partial charge in [0.25, 0.3) is 0 Å². The summed E-state index contributed by atoms with van der Waals surface area (Å²) < 4.78 is 5.29. The van der Waals surface area contributed by atoms with Gasteiger partial charge in [-0.1, -0.05) is 31.5 Å². The van der Waals surface area contributed by atoms with Gasteiger partial charge in [-0.05, 0) is 42.0 Å². The third kappa shape index (κ3) is 3.25. The number of hydrogen-bond acceptors (Lipinski definition) is 2. The van der Waals surface area contributed by atoms with E-state index in [0.717, 1.165) is 24.5 Å². The highest BCUT2D eigenvalue weighted by Gasteiger charge is 2.25. The van der Waals surface area contributed by atoms with Crippen molar-refractivity contribution >= 4 is 11.6 Å². The van der Waals surface area contributed by atoms with Gasteiger partial charge < -0.3 is 10.1 Å². The molecule has 2 unspecified atom stereocenters. The number of nitrogens with one attached hydrogen (secondary N) is 1. The predicted molar refractivity (Wildman–Crippen MR) is 76.3 cm³/mol. The van der Waals surface area contributed by atoms with Crippen molar-refractivity contribution in [3.8, 4) is 0 Å². The van der Waals surface area contributed by atoms with Crippen LogP contribution in [0.4, 0.5) is 0 Å². The molecule has 1 aliphatic carbocycles. The van der Waals surface area contributed by atoms with Crippen molar-refractivity contribution < 1.29 is 4.74 Å². The molecule has 2 nitrogen and oxygen atoms in total. The fourth-order valence-electron chi connectivity index (χ4n) is 2.62. The Morgan fingerprint density at radius 3 is 2.72 bits per heavy atom. The molecular formula is C15H22ClNO. The van der Waals surface area contributed by atoms with Gasteiger partial charge in [-0.15, -0.1) is 0 Å². The molecule has 100 valence electrons. The minimum Gasteiger partial charge on any atom is -0.383 e. The number of benzene rings is 1. The molecule has 1 N–H and O–H groups in total. The van der Waals surface area contributed by atoms with Crippen LogP contribution in [0.1, 0.15) is 25.0 Å². The molecule has 0 amide bonds. The van der Waals surface area contributed by atoms with Crippen LogP contribution in [-0.2, 0) is 17.6 Å². The SMILES string of the molecule is COCC(NC1Cc2ccc(Cl)cc2C1)C(C)C. The molecule has 0 spiro atoms. The van der Waals surface area contributed by atoms with Crippen LogP contribution in [0.5, 0.6) is 0 Å². The van der Waals surface area contributed by atoms with Crippen LogP contribution in [0.2, 0.25) is 5.02 Å². The molecule has 2 rings (SSSR count). The van der Waals surface area contributed by atoms with Crippen molar-refractivity contribution in [1.29, 1.82) is 0 Å². The van der Waals surface area contributed by atoms with E-state index in [9.17, 15) is 0 Å². The standard InChI is InChI=1S/C15H22ClNO/c1-10(2)15(9-18-3)17-14-7-11-4-5-13(16)6-12(11)8-14/h4-6,10,14-15,17H,7-9H2,1-3H3. The summed E-state index contributed by atoms with van der Waals surface area (Å²) in [4.78, 5) is 0. The van der Waals surface area contributed by atoms with Gasteiger partial charge in [0.2, 0.25) is 0 Å². The number of fused-ring (bicyclic) bond motifs is 1. The summed E-state index contributed by atoms with van der Waals surface area (Å²) in [6.45, 7) is 5.23. The predicted octanol–water partition coefficient (Wildman–Crippen LogP) is 3.07. The zero-order valence-electron chi connectivity index (χ0n) is 11.4. The third-order valence-corrected chi connectivity index (χ3v) is 3.94. The lowest BCUT2D eigenvalue weighted by molar-refractivity contribution is 0.141. The highest BCUT2D eigenvalue weighted by atomic mass is 35.5. The Morgan fingerprint density at radius 2 is 2.06 bits per heavy atom. The first-order valence-corrected chi connectivity index (χ1v) is 7.00. The summed E-state index contributed by atoms with van der Waals surface area (Å²) in [5.74, 6) is 0.581. The Labute approximate surface area is 115 Å². The van der Waals surface area contributed by atoms with Gasteiger partial charge >= 0.3 is 0 Å². The zero-order valence-corrected chi connectivity index (χ0v) is 12.1. The quantitative estimate of drug-likeness (QED) is 0.885. The van der Waals surface area contributed by atoms with Crippen LogP contribution in [0.15, 0.2) is 18.2 Å². The summed E-state index contributed by atoms with van der Waals surface area (Å²) in [5.41, 5.74) is 2.82. The third-order valence-electron chi connectivity index (χ3n) is 3.70. The van der Waals surface area contributed by atoms with Crippen LogP contribution >= 0.6 is 11.6 Å². The molecule has 0 heterocycles. The van der Waals surface area contributed by atoms with E-state index in [-0.39, 0.29) is 0 Å². The van der Waals surface area contributed by atoms with Gasteiger partial charge in [-0.3, -0.25) is 0 Å². The summed E-state index contributed by atoms with van der Waals surface area (Å²) in [7, 11) is 1.76. The maximum absolute atomic E-state index is 6.04. The molecule has 0 aliphatic heterocycles. The molecule has 0 saturated heterocycles. The van der Waals surface area contributed by atoms with E-state index >= 15 is 0 Å². The van der Waals surface area contributed by atoms with Gasteiger partial charge in [-0.2, -0.15) is 0 Å². The van der Waals surface area contributed by atoms with E-state index in [1.165, 1.54) is 11.1 Å². The van der Waals surface area contributed by atoms with Crippen molar-refractivity contribution in [1.82, 2.24) is 5.32 Å². The van der Waals surface area contributed by atoms with Crippen LogP contribution in [0.3, 0.4) is 0 Å². The molecule has 1 aromatic carbocycles. The number of ether oxygens (including phenoxy) is 1. The van der Waals surface area contributed by atoms with Crippen LogP contribution in [-0.4, -0.2) is 25.8 Å². The Bertz CT molecular complexity index is 405. The lowest BCUT2D eigenvalue weighted by Crippen LogP contribution is -2.44. The first-order chi connectivity index (χ1) is 8.60. The van der Waals surface area contributed by atoms with Crippen molar-refractivity contribution in [2.45, 2.75) is 38.8 Å². The van der Waals surface area contributed by atoms with Gasteiger partial charge in [0.05, 0.1) is 6.61 Å². The number of halogens is 1. The van der Waals surface area contributed by atoms with E-state index in [4.69, 9.17) is 16.3 Å². The minimum absolute atomic E-state index is 0.421. The molecule has 0 bridgehead atoms. The molecule has 18 heavy (non-hydrogen) atoms. The number of rotatable bonds is 5. The van der Waals surface area contributed by atoms with E-state index in [1.54, 1.807) is 7.11 Å². The van der Waals surface area contributed by atoms with Gasteiger partial charge in [-0.25, -0.2) is 0 Å². The van der Waals surface area contributed by atoms with Crippen molar-refractivity contribution in [2.75, 3.05) is 13.7 Å². The molecular weight excluding hydrogens is 246 g/mol. The first kappa shape index (κ1) is 13.9. The Morgan fingerprint density at radius 1 is 1.33 bits per heavy atom. The fourth-order valence-corrected chi connectivity index (χ4v) is 2.81. The minimum atomic E-state index is 0.421. The maximum atomic E-state index is 6.04. The van der Waals surface area contributed by atoms with Gasteiger partial charge in [0.1, 0.15) is 0 Å². The van der Waals surface area contributed by atoms with E-state index < -0.39 is 0 Å². The number of methoxy groups -OCH3 is 1. The average Bonchev–Trinajstić information content (AvgIpc) is 2.69. The van der Waals surface area contributed by atoms with E-state index in [0.29, 0.717) is 18.0 Å². The second-order valence-corrected chi connectivity index (χ2v) is 5.93. The highest BCUT2D eigenvalue weighted by molar-refractivity contribution is 6.30. The van der Waals surface area contributed by atoms with E-state index in [1.807, 2.05) is 6.07 Å². The van der Waals surface area contributed by atoms with E-state index in [2.05, 4.69) is 31.3 Å². The maximum Gasteiger partial charge on any atom is 0.0618 e. The normalized spacial score (nSPS) is 20.2. The average molecular weight is 268 g/mol. The van der Waals surface area contributed by atoms with Crippen molar-refractivity contribution in [3.63, 3.8) is 0 Å². The second kappa shape index (κ2) is 6.05. The van der Waals surface area contributed by atoms with Gasteiger partial charge in [0, 0.05) is 24.2 Å². The zero-order chi connectivity index (χ0) is 13.1. The number of hydrogen-bond donors (Lipinski definition) is 1. The molecule has 1 aromatic rings. The molecule has 2 atom stereocenters. The first-order valence-electron chi connectivity index (χ1n) is 6.62. The van der Waals surface area contributed by atoms with Crippen molar-refractivity contribution in [2.24, 2.45) is 5.92 Å². The molecule has 0 saturated carbocycles. The summed E-state index contributed by atoms with van der Waals surface area (Å²) in [6.07, 6.45) is 2.17. The van der Waals surface area contributed by atoms with Crippen LogP contribution in [0.25, 0.3) is 0 Å². The smallest absolute Gasteiger partial charge is 0.0618 e. The Kier molecular flexibility index (Phi) is 4.66. The largest absolute Gasteiger partial charge is 0.383 e. The Hall–Kier alpha value is -0.570. The monoisotopic (exact) mass is 267 g/mol.